The molecule has 2 aromatic rings. The van der Waals surface area contributed by atoms with Gasteiger partial charge in [0.15, 0.2) is 5.16 Å². The van der Waals surface area contributed by atoms with Crippen LogP contribution in [0.15, 0.2) is 17.3 Å². The van der Waals surface area contributed by atoms with Gasteiger partial charge in [0.05, 0.1) is 6.67 Å². The first kappa shape index (κ1) is 14.9. The minimum absolute atomic E-state index is 0.175. The van der Waals surface area contributed by atoms with Crippen molar-refractivity contribution in [1.29, 1.82) is 0 Å². The van der Waals surface area contributed by atoms with Crippen LogP contribution in [0.4, 0.5) is 5.95 Å². The van der Waals surface area contributed by atoms with Crippen molar-refractivity contribution in [3.63, 3.8) is 0 Å². The molecule has 0 aromatic carbocycles. The van der Waals surface area contributed by atoms with Crippen LogP contribution < -0.4 is 15.8 Å². The standard InChI is InChI=1S/C16H20N6S2/c1-9(2)7-23-16-20-19-15-21(16)14-12(13-17-8-18-22(13)15)10-5-3-4-6-11(10)24-14/h13,17-18H,1,3-8H2,2H3. The highest BCUT2D eigenvalue weighted by Crippen LogP contribution is 2.47. The monoisotopic (exact) mass is 360 g/mol. The van der Waals surface area contributed by atoms with Crippen LogP contribution in [0.2, 0.25) is 0 Å². The molecule has 0 spiro atoms. The van der Waals surface area contributed by atoms with Crippen LogP contribution in [0.5, 0.6) is 0 Å². The van der Waals surface area contributed by atoms with E-state index in [1.54, 1.807) is 22.2 Å². The van der Waals surface area contributed by atoms with Crippen LogP contribution in [-0.2, 0) is 12.8 Å². The Morgan fingerprint density at radius 2 is 2.25 bits per heavy atom. The number of thiophene rings is 1. The maximum absolute atomic E-state index is 4.47. The molecule has 0 bridgehead atoms. The summed E-state index contributed by atoms with van der Waals surface area (Å²) in [6.45, 7) is 6.82. The zero-order chi connectivity index (χ0) is 16.3. The van der Waals surface area contributed by atoms with Gasteiger partial charge in [-0.25, -0.2) is 9.99 Å². The number of hydrogen-bond donors (Lipinski definition) is 2. The molecule has 0 amide bonds. The van der Waals surface area contributed by atoms with Crippen LogP contribution >= 0.6 is 23.1 Å². The van der Waals surface area contributed by atoms with Gasteiger partial charge in [0.25, 0.3) is 0 Å². The summed E-state index contributed by atoms with van der Waals surface area (Å²) in [4.78, 5) is 1.55. The van der Waals surface area contributed by atoms with E-state index >= 15 is 0 Å². The summed E-state index contributed by atoms with van der Waals surface area (Å²) in [7, 11) is 0. The highest BCUT2D eigenvalue weighted by atomic mass is 32.2. The van der Waals surface area contributed by atoms with Crippen molar-refractivity contribution in [3.05, 3.63) is 28.2 Å². The SMILES string of the molecule is C=C(C)CSc1nnc2n1-c1sc3c(c1C1NCNN21)CCCC3. The van der Waals surface area contributed by atoms with Gasteiger partial charge >= 0.3 is 0 Å². The fraction of sp³-hybridized carbons (Fsp3) is 0.500. The molecule has 1 unspecified atom stereocenters. The number of thioether (sulfide) groups is 1. The molecular formula is C16H20N6S2. The van der Waals surface area contributed by atoms with E-state index in [0.29, 0.717) is 0 Å². The molecule has 5 rings (SSSR count). The molecule has 2 N–H and O–H groups in total. The Labute approximate surface area is 149 Å². The van der Waals surface area contributed by atoms with E-state index < -0.39 is 0 Å². The van der Waals surface area contributed by atoms with E-state index in [-0.39, 0.29) is 6.17 Å². The lowest BCUT2D eigenvalue weighted by atomic mass is 9.94. The second-order valence-electron chi connectivity index (χ2n) is 6.61. The topological polar surface area (TPSA) is 58.0 Å². The largest absolute Gasteiger partial charge is 0.278 e. The van der Waals surface area contributed by atoms with E-state index in [2.05, 4.69) is 44.0 Å². The highest BCUT2D eigenvalue weighted by molar-refractivity contribution is 7.99. The summed E-state index contributed by atoms with van der Waals surface area (Å²) >= 11 is 3.65. The molecule has 6 nitrogen and oxygen atoms in total. The quantitative estimate of drug-likeness (QED) is 0.648. The first-order valence-electron chi connectivity index (χ1n) is 8.37. The van der Waals surface area contributed by atoms with E-state index in [1.165, 1.54) is 36.2 Å². The Balaban J connectivity index is 1.68. The van der Waals surface area contributed by atoms with Gasteiger partial charge < -0.3 is 0 Å². The van der Waals surface area contributed by atoms with Crippen molar-refractivity contribution in [1.82, 2.24) is 25.5 Å². The van der Waals surface area contributed by atoms with Crippen LogP contribution in [0.25, 0.3) is 5.00 Å². The number of hydrogen-bond acceptors (Lipinski definition) is 7. The molecular weight excluding hydrogens is 340 g/mol. The Hall–Kier alpha value is -1.35. The van der Waals surface area contributed by atoms with Crippen molar-refractivity contribution in [2.45, 2.75) is 43.9 Å². The van der Waals surface area contributed by atoms with E-state index in [0.717, 1.165) is 29.1 Å². The molecule has 1 saturated heterocycles. The second-order valence-corrected chi connectivity index (χ2v) is 8.63. The number of nitrogens with zero attached hydrogens (tertiary/aromatic N) is 4. The molecule has 3 aliphatic rings. The lowest BCUT2D eigenvalue weighted by molar-refractivity contribution is 0.579. The third-order valence-electron chi connectivity index (χ3n) is 4.75. The minimum atomic E-state index is 0.175. The maximum Gasteiger partial charge on any atom is 0.249 e. The molecule has 126 valence electrons. The fourth-order valence-corrected chi connectivity index (χ4v) is 5.98. The van der Waals surface area contributed by atoms with Crippen LogP contribution in [0, 0.1) is 0 Å². The molecule has 1 aliphatic carbocycles. The molecule has 8 heteroatoms. The molecule has 0 saturated carbocycles. The summed E-state index contributed by atoms with van der Waals surface area (Å²) in [6, 6.07) is 0. The van der Waals surface area contributed by atoms with E-state index in [9.17, 15) is 0 Å². The molecule has 0 radical (unpaired) electrons. The lowest BCUT2D eigenvalue weighted by Gasteiger charge is -2.31. The summed E-state index contributed by atoms with van der Waals surface area (Å²) in [6.07, 6.45) is 5.17. The second kappa shape index (κ2) is 5.59. The Morgan fingerprint density at radius 3 is 3.12 bits per heavy atom. The summed E-state index contributed by atoms with van der Waals surface area (Å²) in [5.41, 5.74) is 7.55. The van der Waals surface area contributed by atoms with Gasteiger partial charge in [-0.15, -0.1) is 21.5 Å². The zero-order valence-electron chi connectivity index (χ0n) is 13.6. The predicted molar refractivity (Wildman–Crippen MR) is 97.8 cm³/mol. The van der Waals surface area contributed by atoms with Gasteiger partial charge in [-0.1, -0.05) is 23.9 Å². The van der Waals surface area contributed by atoms with Crippen LogP contribution in [0.1, 0.15) is 41.9 Å². The summed E-state index contributed by atoms with van der Waals surface area (Å²) < 4.78 is 2.24. The van der Waals surface area contributed by atoms with Crippen molar-refractivity contribution < 1.29 is 0 Å². The van der Waals surface area contributed by atoms with Crippen molar-refractivity contribution in [3.8, 4) is 5.00 Å². The molecule has 1 atom stereocenters. The minimum Gasteiger partial charge on any atom is -0.278 e. The number of hydrazine groups is 1. The average molecular weight is 361 g/mol. The number of fused-ring (bicyclic) bond motifs is 8. The predicted octanol–water partition coefficient (Wildman–Crippen LogP) is 2.76. The van der Waals surface area contributed by atoms with Crippen LogP contribution in [-0.4, -0.2) is 27.2 Å². The first-order chi connectivity index (χ1) is 11.7. The number of anilines is 1. The Bertz CT molecular complexity index is 823. The zero-order valence-corrected chi connectivity index (χ0v) is 15.3. The smallest absolute Gasteiger partial charge is 0.249 e. The lowest BCUT2D eigenvalue weighted by Crippen LogP contribution is -2.39. The maximum atomic E-state index is 4.47. The van der Waals surface area contributed by atoms with Gasteiger partial charge in [-0.3, -0.25) is 10.3 Å². The van der Waals surface area contributed by atoms with Gasteiger partial charge in [0.1, 0.15) is 11.2 Å². The van der Waals surface area contributed by atoms with Crippen molar-refractivity contribution in [2.75, 3.05) is 17.4 Å². The Morgan fingerprint density at radius 1 is 1.38 bits per heavy atom. The fourth-order valence-electron chi connectivity index (χ4n) is 3.73. The Kier molecular flexibility index (Phi) is 3.48. The molecule has 4 heterocycles. The summed E-state index contributed by atoms with van der Waals surface area (Å²) in [5, 5.41) is 16.9. The van der Waals surface area contributed by atoms with Crippen LogP contribution in [0.3, 0.4) is 0 Å². The number of aromatic nitrogens is 3. The number of nitrogens with one attached hydrogen (secondary N) is 2. The van der Waals surface area contributed by atoms with Gasteiger partial charge in [0.2, 0.25) is 5.95 Å². The summed E-state index contributed by atoms with van der Waals surface area (Å²) in [5.74, 6) is 1.76. The third-order valence-corrected chi connectivity index (χ3v) is 7.20. The molecule has 24 heavy (non-hydrogen) atoms. The normalized spacial score (nSPS) is 21.2. The van der Waals surface area contributed by atoms with Crippen molar-refractivity contribution in [2.24, 2.45) is 0 Å². The van der Waals surface area contributed by atoms with Gasteiger partial charge in [0, 0.05) is 16.2 Å². The van der Waals surface area contributed by atoms with E-state index in [1.807, 2.05) is 11.3 Å². The van der Waals surface area contributed by atoms with Gasteiger partial charge in [-0.2, -0.15) is 0 Å². The molecule has 2 aliphatic heterocycles. The van der Waals surface area contributed by atoms with Crippen molar-refractivity contribution >= 4 is 29.0 Å². The molecule has 1 fully saturated rings. The third kappa shape index (κ3) is 2.10. The first-order valence-corrected chi connectivity index (χ1v) is 10.2. The number of aryl methyl sites for hydroxylation is 1. The number of rotatable bonds is 3. The van der Waals surface area contributed by atoms with Gasteiger partial charge in [-0.05, 0) is 38.2 Å². The average Bonchev–Trinajstić information content (AvgIpc) is 3.27. The molecule has 2 aromatic heterocycles. The van der Waals surface area contributed by atoms with E-state index in [4.69, 9.17) is 0 Å². The highest BCUT2D eigenvalue weighted by Gasteiger charge is 2.41.